The number of aromatic nitrogens is 4. The summed E-state index contributed by atoms with van der Waals surface area (Å²) < 4.78 is 25.5. The molecule has 9 heteroatoms. The minimum atomic E-state index is -3.27. The number of hydrogen-bond donors (Lipinski definition) is 3. The van der Waals surface area contributed by atoms with Crippen LogP contribution in [0.1, 0.15) is 37.4 Å². The quantitative estimate of drug-likeness (QED) is 0.304. The number of rotatable bonds is 5. The lowest BCUT2D eigenvalue weighted by molar-refractivity contribution is 0.542. The van der Waals surface area contributed by atoms with E-state index in [1.165, 1.54) is 6.33 Å². The number of nitrogens with zero attached hydrogens (tertiary/aromatic N) is 2. The molecule has 5 aromatic rings. The number of para-hydroxylation sites is 1. The molecule has 8 nitrogen and oxygen atoms in total. The zero-order chi connectivity index (χ0) is 25.7. The highest BCUT2D eigenvalue weighted by molar-refractivity contribution is 7.91. The Morgan fingerprint density at radius 3 is 2.65 bits per heavy atom. The second-order valence-electron chi connectivity index (χ2n) is 9.92. The van der Waals surface area contributed by atoms with Crippen molar-refractivity contribution >= 4 is 37.6 Å². The van der Waals surface area contributed by atoms with Crippen molar-refractivity contribution in [1.82, 2.24) is 19.9 Å². The number of aromatic amines is 2. The van der Waals surface area contributed by atoms with Gasteiger partial charge in [0.1, 0.15) is 17.8 Å². The fraction of sp³-hybridized carbons (Fsp3) is 0.250. The summed E-state index contributed by atoms with van der Waals surface area (Å²) in [7, 11) is -3.27. The highest BCUT2D eigenvalue weighted by Gasteiger charge is 2.26. The van der Waals surface area contributed by atoms with Gasteiger partial charge in [-0.3, -0.25) is 4.79 Å². The van der Waals surface area contributed by atoms with Gasteiger partial charge in [0.2, 0.25) is 5.56 Å². The number of H-pyrrole nitrogens is 2. The van der Waals surface area contributed by atoms with Crippen LogP contribution in [0.4, 0.5) is 5.82 Å². The van der Waals surface area contributed by atoms with E-state index in [4.69, 9.17) is 0 Å². The number of nitrogens with one attached hydrogen (secondary N) is 3. The molecular formula is C28H27N5O3S. The van der Waals surface area contributed by atoms with Crippen LogP contribution in [0, 0.1) is 5.92 Å². The topological polar surface area (TPSA) is 121 Å². The third-order valence-corrected chi connectivity index (χ3v) is 8.95. The first-order valence-electron chi connectivity index (χ1n) is 12.4. The van der Waals surface area contributed by atoms with Crippen LogP contribution >= 0.6 is 0 Å². The van der Waals surface area contributed by atoms with Crippen LogP contribution < -0.4 is 10.9 Å². The van der Waals surface area contributed by atoms with E-state index in [1.807, 2.05) is 48.5 Å². The first kappa shape index (κ1) is 23.4. The molecule has 2 aromatic carbocycles. The SMILES string of the molecule is CC(C)[C@@H](Nc1ncnc2[nH]c(-c3cc(=O)[nH]c4ccccc34)cc12)c1ccc2c(c1)S(=O)(=O)CCC2. The molecule has 0 spiro atoms. The molecule has 1 aliphatic rings. The molecule has 0 unspecified atom stereocenters. The Balaban J connectivity index is 1.43. The predicted molar refractivity (Wildman–Crippen MR) is 145 cm³/mol. The molecule has 0 fully saturated rings. The monoisotopic (exact) mass is 513 g/mol. The normalized spacial score (nSPS) is 15.6. The Morgan fingerprint density at radius 2 is 1.81 bits per heavy atom. The largest absolute Gasteiger partial charge is 0.362 e. The van der Waals surface area contributed by atoms with E-state index in [-0.39, 0.29) is 23.3 Å². The molecule has 0 saturated heterocycles. The van der Waals surface area contributed by atoms with Crippen LogP contribution in [-0.2, 0) is 16.3 Å². The van der Waals surface area contributed by atoms with Gasteiger partial charge in [-0.15, -0.1) is 0 Å². The van der Waals surface area contributed by atoms with Gasteiger partial charge in [0, 0.05) is 28.2 Å². The molecule has 0 bridgehead atoms. The van der Waals surface area contributed by atoms with E-state index in [0.29, 0.717) is 22.8 Å². The Hall–Kier alpha value is -3.98. The fourth-order valence-electron chi connectivity index (χ4n) is 5.23. The van der Waals surface area contributed by atoms with E-state index in [2.05, 4.69) is 39.1 Å². The Morgan fingerprint density at radius 1 is 0.973 bits per heavy atom. The van der Waals surface area contributed by atoms with Gasteiger partial charge < -0.3 is 15.3 Å². The molecule has 6 rings (SSSR count). The Labute approximate surface area is 214 Å². The fourth-order valence-corrected chi connectivity index (χ4v) is 6.86. The van der Waals surface area contributed by atoms with Crippen LogP contribution in [0.3, 0.4) is 0 Å². The van der Waals surface area contributed by atoms with Gasteiger partial charge in [0.05, 0.1) is 22.1 Å². The van der Waals surface area contributed by atoms with Crippen molar-refractivity contribution < 1.29 is 8.42 Å². The van der Waals surface area contributed by atoms with Gasteiger partial charge in [-0.1, -0.05) is 44.2 Å². The number of benzene rings is 2. The number of hydrogen-bond acceptors (Lipinski definition) is 6. The van der Waals surface area contributed by atoms with Gasteiger partial charge in [0.15, 0.2) is 9.84 Å². The smallest absolute Gasteiger partial charge is 0.249 e. The third kappa shape index (κ3) is 4.19. The first-order chi connectivity index (χ1) is 17.8. The summed E-state index contributed by atoms with van der Waals surface area (Å²) in [6.45, 7) is 4.18. The van der Waals surface area contributed by atoms with E-state index >= 15 is 0 Å². The minimum absolute atomic E-state index is 0.157. The van der Waals surface area contributed by atoms with Crippen molar-refractivity contribution in [1.29, 1.82) is 0 Å². The number of fused-ring (bicyclic) bond motifs is 3. The molecule has 0 aliphatic carbocycles. The molecule has 3 N–H and O–H groups in total. The average molecular weight is 514 g/mol. The third-order valence-electron chi connectivity index (χ3n) is 7.07. The number of pyridine rings is 1. The van der Waals surface area contributed by atoms with E-state index in [1.54, 1.807) is 6.07 Å². The lowest BCUT2D eigenvalue weighted by Crippen LogP contribution is -2.20. The maximum Gasteiger partial charge on any atom is 0.249 e. The summed E-state index contributed by atoms with van der Waals surface area (Å²) >= 11 is 0. The summed E-state index contributed by atoms with van der Waals surface area (Å²) in [4.78, 5) is 27.9. The zero-order valence-electron chi connectivity index (χ0n) is 20.6. The van der Waals surface area contributed by atoms with Gasteiger partial charge in [-0.25, -0.2) is 18.4 Å². The van der Waals surface area contributed by atoms with Crippen molar-refractivity contribution in [3.63, 3.8) is 0 Å². The van der Waals surface area contributed by atoms with E-state index < -0.39 is 9.84 Å². The number of anilines is 1. The van der Waals surface area contributed by atoms with Gasteiger partial charge in [-0.05, 0) is 48.1 Å². The van der Waals surface area contributed by atoms with Crippen LogP contribution in [0.15, 0.2) is 70.6 Å². The molecule has 0 saturated carbocycles. The zero-order valence-corrected chi connectivity index (χ0v) is 21.4. The van der Waals surface area contributed by atoms with Gasteiger partial charge in [-0.2, -0.15) is 0 Å². The highest BCUT2D eigenvalue weighted by atomic mass is 32.2. The van der Waals surface area contributed by atoms with Crippen LogP contribution in [0.2, 0.25) is 0 Å². The molecule has 3 aromatic heterocycles. The molecule has 188 valence electrons. The number of sulfone groups is 1. The van der Waals surface area contributed by atoms with Crippen LogP contribution in [0.5, 0.6) is 0 Å². The lowest BCUT2D eigenvalue weighted by atomic mass is 9.94. The molecular weight excluding hydrogens is 486 g/mol. The summed E-state index contributed by atoms with van der Waals surface area (Å²) in [6.07, 6.45) is 2.94. The molecule has 0 amide bonds. The first-order valence-corrected chi connectivity index (χ1v) is 14.0. The van der Waals surface area contributed by atoms with Crippen molar-refractivity contribution in [3.8, 4) is 11.3 Å². The number of aryl methyl sites for hydroxylation is 1. The Kier molecular flexibility index (Phi) is 5.60. The Bertz CT molecular complexity index is 1820. The van der Waals surface area contributed by atoms with Gasteiger partial charge in [0.25, 0.3) is 0 Å². The van der Waals surface area contributed by atoms with Crippen molar-refractivity contribution in [2.75, 3.05) is 11.1 Å². The molecule has 0 radical (unpaired) electrons. The average Bonchev–Trinajstić information content (AvgIpc) is 3.31. The molecule has 4 heterocycles. The summed E-state index contributed by atoms with van der Waals surface area (Å²) in [5.41, 5.74) is 4.57. The van der Waals surface area contributed by atoms with E-state index in [9.17, 15) is 13.2 Å². The van der Waals surface area contributed by atoms with Crippen molar-refractivity contribution in [3.05, 3.63) is 82.4 Å². The maximum atomic E-state index is 12.7. The van der Waals surface area contributed by atoms with Crippen LogP contribution in [-0.4, -0.2) is 34.1 Å². The standard InChI is InChI=1S/C28H27N5O3S/c1-16(2)26(18-10-9-17-6-5-11-37(35,36)24(17)12-18)33-28-21-13-23(32-27(21)29-15-30-28)20-14-25(34)31-22-8-4-3-7-19(20)22/h3-4,7-10,12-16,26H,5-6,11H2,1-2H3,(H,31,34)(H2,29,30,32,33)/t26-/m1/s1. The molecule has 1 atom stereocenters. The van der Waals surface area contributed by atoms with Crippen molar-refractivity contribution in [2.24, 2.45) is 5.92 Å². The molecule has 37 heavy (non-hydrogen) atoms. The van der Waals surface area contributed by atoms with E-state index in [0.717, 1.165) is 45.1 Å². The highest BCUT2D eigenvalue weighted by Crippen LogP contribution is 2.35. The van der Waals surface area contributed by atoms with Crippen molar-refractivity contribution in [2.45, 2.75) is 37.6 Å². The lowest BCUT2D eigenvalue weighted by Gasteiger charge is -2.26. The predicted octanol–water partition coefficient (Wildman–Crippen LogP) is 5.00. The molecule has 1 aliphatic heterocycles. The second-order valence-corrected chi connectivity index (χ2v) is 12.0. The summed E-state index contributed by atoms with van der Waals surface area (Å²) in [5.74, 6) is 0.990. The maximum absolute atomic E-state index is 12.7. The minimum Gasteiger partial charge on any atom is -0.362 e. The summed E-state index contributed by atoms with van der Waals surface area (Å²) in [6, 6.07) is 16.8. The summed E-state index contributed by atoms with van der Waals surface area (Å²) in [5, 5.41) is 5.26. The second kappa shape index (κ2) is 8.85. The van der Waals surface area contributed by atoms with Crippen LogP contribution in [0.25, 0.3) is 33.2 Å². The van der Waals surface area contributed by atoms with Gasteiger partial charge >= 0.3 is 0 Å².